The molecule has 2 aromatic carbocycles. The summed E-state index contributed by atoms with van der Waals surface area (Å²) in [5.41, 5.74) is 0.932. The van der Waals surface area contributed by atoms with Gasteiger partial charge in [0.05, 0.1) is 30.9 Å². The maximum Gasteiger partial charge on any atom is 0.295 e. The molecule has 1 aliphatic rings. The van der Waals surface area contributed by atoms with Crippen LogP contribution in [0.25, 0.3) is 5.76 Å². The van der Waals surface area contributed by atoms with Gasteiger partial charge in [0.1, 0.15) is 17.3 Å². The number of ether oxygens (including phenoxy) is 2. The summed E-state index contributed by atoms with van der Waals surface area (Å²) in [5.74, 6) is -0.590. The molecule has 1 saturated heterocycles. The van der Waals surface area contributed by atoms with Crippen LogP contribution in [0.3, 0.4) is 0 Å². The molecule has 0 spiro atoms. The van der Waals surface area contributed by atoms with E-state index in [2.05, 4.69) is 0 Å². The van der Waals surface area contributed by atoms with Gasteiger partial charge in [-0.1, -0.05) is 30.7 Å². The summed E-state index contributed by atoms with van der Waals surface area (Å²) in [6.07, 6.45) is 0.666. The van der Waals surface area contributed by atoms with Crippen molar-refractivity contribution in [2.75, 3.05) is 20.8 Å². The van der Waals surface area contributed by atoms with Crippen molar-refractivity contribution in [2.24, 2.45) is 0 Å². The van der Waals surface area contributed by atoms with E-state index in [0.29, 0.717) is 30.0 Å². The largest absolute Gasteiger partial charge is 0.507 e. The molecule has 1 amide bonds. The van der Waals surface area contributed by atoms with E-state index in [1.54, 1.807) is 43.5 Å². The molecule has 1 fully saturated rings. The maximum atomic E-state index is 12.9. The zero-order chi connectivity index (χ0) is 21.1. The highest BCUT2D eigenvalue weighted by Gasteiger charge is 2.45. The normalized spacial score (nSPS) is 18.2. The van der Waals surface area contributed by atoms with E-state index in [4.69, 9.17) is 21.1 Å². The number of carbonyl (C=O) groups is 2. The fourth-order valence-corrected chi connectivity index (χ4v) is 3.65. The molecular formula is C22H22ClNO5. The third-order valence-electron chi connectivity index (χ3n) is 4.86. The zero-order valence-electron chi connectivity index (χ0n) is 16.4. The molecule has 6 nitrogen and oxygen atoms in total. The number of nitrogens with zero attached hydrogens (tertiary/aromatic N) is 1. The van der Waals surface area contributed by atoms with Gasteiger partial charge in [0.15, 0.2) is 0 Å². The van der Waals surface area contributed by atoms with Crippen molar-refractivity contribution in [2.45, 2.75) is 19.4 Å². The molecule has 7 heteroatoms. The highest BCUT2D eigenvalue weighted by Crippen LogP contribution is 2.41. The molecule has 0 aliphatic carbocycles. The standard InChI is InChI=1S/C22H22ClNO5/c1-4-11-24-19(13-5-7-14(28-2)8-6-13)18(21(26)22(24)27)20(25)16-12-15(29-3)9-10-17(16)23/h5-10,12,19,25H,4,11H2,1-3H3/b20-18+. The Labute approximate surface area is 174 Å². The van der Waals surface area contributed by atoms with Crippen molar-refractivity contribution in [1.82, 2.24) is 4.90 Å². The van der Waals surface area contributed by atoms with Gasteiger partial charge in [0, 0.05) is 12.1 Å². The van der Waals surface area contributed by atoms with Crippen molar-refractivity contribution in [3.63, 3.8) is 0 Å². The van der Waals surface area contributed by atoms with Gasteiger partial charge in [0.25, 0.3) is 11.7 Å². The van der Waals surface area contributed by atoms with Gasteiger partial charge >= 0.3 is 0 Å². The average molecular weight is 416 g/mol. The van der Waals surface area contributed by atoms with Crippen LogP contribution in [0.5, 0.6) is 11.5 Å². The van der Waals surface area contributed by atoms with Crippen LogP contribution in [-0.4, -0.2) is 42.5 Å². The SMILES string of the molecule is CCCN1C(=O)C(=O)/C(=C(/O)c2cc(OC)ccc2Cl)C1c1ccc(OC)cc1. The molecule has 0 aromatic heterocycles. The second-order valence-electron chi connectivity index (χ2n) is 6.61. The number of hydrogen-bond donors (Lipinski definition) is 1. The summed E-state index contributed by atoms with van der Waals surface area (Å²) in [6.45, 7) is 2.30. The van der Waals surface area contributed by atoms with Crippen LogP contribution in [-0.2, 0) is 9.59 Å². The van der Waals surface area contributed by atoms with Crippen LogP contribution in [0.2, 0.25) is 5.02 Å². The van der Waals surface area contributed by atoms with Crippen LogP contribution in [0.1, 0.15) is 30.5 Å². The van der Waals surface area contributed by atoms with Crippen LogP contribution in [0.15, 0.2) is 48.0 Å². The molecule has 1 unspecified atom stereocenters. The summed E-state index contributed by atoms with van der Waals surface area (Å²) in [4.78, 5) is 27.1. The van der Waals surface area contributed by atoms with Gasteiger partial charge < -0.3 is 19.5 Å². The van der Waals surface area contributed by atoms with Crippen molar-refractivity contribution in [3.05, 3.63) is 64.2 Å². The van der Waals surface area contributed by atoms with E-state index in [0.717, 1.165) is 0 Å². The van der Waals surface area contributed by atoms with E-state index in [1.807, 2.05) is 6.92 Å². The number of benzene rings is 2. The molecule has 1 heterocycles. The lowest BCUT2D eigenvalue weighted by Crippen LogP contribution is -2.30. The molecule has 2 aromatic rings. The number of likely N-dealkylation sites (tertiary alicyclic amines) is 1. The monoisotopic (exact) mass is 415 g/mol. The first-order valence-corrected chi connectivity index (χ1v) is 9.57. The number of ketones is 1. The summed E-state index contributed by atoms with van der Waals surface area (Å²) in [5, 5.41) is 11.3. The summed E-state index contributed by atoms with van der Waals surface area (Å²) in [6, 6.07) is 11.1. The van der Waals surface area contributed by atoms with Gasteiger partial charge in [-0.25, -0.2) is 0 Å². The lowest BCUT2D eigenvalue weighted by Gasteiger charge is -2.25. The minimum absolute atomic E-state index is 0.00349. The van der Waals surface area contributed by atoms with Crippen molar-refractivity contribution < 1.29 is 24.2 Å². The predicted molar refractivity (Wildman–Crippen MR) is 110 cm³/mol. The van der Waals surface area contributed by atoms with Crippen molar-refractivity contribution in [3.8, 4) is 11.5 Å². The fraction of sp³-hybridized carbons (Fsp3) is 0.273. The Morgan fingerprint density at radius 1 is 1.07 bits per heavy atom. The Balaban J connectivity index is 2.21. The topological polar surface area (TPSA) is 76.1 Å². The first-order chi connectivity index (χ1) is 13.9. The molecule has 1 aliphatic heterocycles. The number of Topliss-reactive ketones (excluding diaryl/α,β-unsaturated/α-hetero) is 1. The third kappa shape index (κ3) is 3.80. The van der Waals surface area contributed by atoms with Gasteiger partial charge in [-0.15, -0.1) is 0 Å². The minimum atomic E-state index is -0.740. The average Bonchev–Trinajstić information content (AvgIpc) is 2.99. The van der Waals surface area contributed by atoms with Crippen LogP contribution >= 0.6 is 11.6 Å². The Morgan fingerprint density at radius 3 is 2.28 bits per heavy atom. The quantitative estimate of drug-likeness (QED) is 0.435. The number of methoxy groups -OCH3 is 2. The molecule has 152 valence electrons. The van der Waals surface area contributed by atoms with E-state index in [-0.39, 0.29) is 21.9 Å². The molecule has 1 atom stereocenters. The lowest BCUT2D eigenvalue weighted by molar-refractivity contribution is -0.139. The van der Waals surface area contributed by atoms with E-state index >= 15 is 0 Å². The Kier molecular flexibility index (Phi) is 6.13. The first kappa shape index (κ1) is 20.7. The molecule has 29 heavy (non-hydrogen) atoms. The molecule has 0 bridgehead atoms. The number of hydrogen-bond acceptors (Lipinski definition) is 5. The zero-order valence-corrected chi connectivity index (χ0v) is 17.2. The van der Waals surface area contributed by atoms with E-state index in [1.165, 1.54) is 18.1 Å². The van der Waals surface area contributed by atoms with Gasteiger partial charge in [-0.2, -0.15) is 0 Å². The van der Waals surface area contributed by atoms with E-state index < -0.39 is 17.7 Å². The molecule has 1 N–H and O–H groups in total. The summed E-state index contributed by atoms with van der Waals surface area (Å²) >= 11 is 6.27. The Bertz CT molecular complexity index is 968. The van der Waals surface area contributed by atoms with Gasteiger partial charge in [-0.3, -0.25) is 9.59 Å². The van der Waals surface area contributed by atoms with E-state index in [9.17, 15) is 14.7 Å². The highest BCUT2D eigenvalue weighted by molar-refractivity contribution is 6.47. The minimum Gasteiger partial charge on any atom is -0.507 e. The number of amides is 1. The van der Waals surface area contributed by atoms with Crippen LogP contribution < -0.4 is 9.47 Å². The number of rotatable bonds is 6. The first-order valence-electron chi connectivity index (χ1n) is 9.19. The molecular weight excluding hydrogens is 394 g/mol. The number of aliphatic hydroxyl groups is 1. The lowest BCUT2D eigenvalue weighted by atomic mass is 9.95. The summed E-state index contributed by atoms with van der Waals surface area (Å²) < 4.78 is 10.4. The second kappa shape index (κ2) is 8.57. The second-order valence-corrected chi connectivity index (χ2v) is 7.02. The summed E-state index contributed by atoms with van der Waals surface area (Å²) in [7, 11) is 3.05. The fourth-order valence-electron chi connectivity index (χ4n) is 3.44. The molecule has 3 rings (SSSR count). The third-order valence-corrected chi connectivity index (χ3v) is 5.19. The Hall–Kier alpha value is -2.99. The van der Waals surface area contributed by atoms with Crippen molar-refractivity contribution >= 4 is 29.1 Å². The van der Waals surface area contributed by atoms with Crippen molar-refractivity contribution in [1.29, 1.82) is 0 Å². The predicted octanol–water partition coefficient (Wildman–Crippen LogP) is 4.19. The maximum absolute atomic E-state index is 12.9. The van der Waals surface area contributed by atoms with Gasteiger partial charge in [-0.05, 0) is 42.3 Å². The van der Waals surface area contributed by atoms with Gasteiger partial charge in [0.2, 0.25) is 0 Å². The smallest absolute Gasteiger partial charge is 0.295 e. The number of aliphatic hydroxyl groups excluding tert-OH is 1. The molecule has 0 saturated carbocycles. The Morgan fingerprint density at radius 2 is 1.69 bits per heavy atom. The van der Waals surface area contributed by atoms with Crippen LogP contribution in [0.4, 0.5) is 0 Å². The molecule has 0 radical (unpaired) electrons. The number of halogens is 1. The number of carbonyl (C=O) groups excluding carboxylic acids is 2. The van der Waals surface area contributed by atoms with Crippen LogP contribution in [0, 0.1) is 0 Å². The highest BCUT2D eigenvalue weighted by atomic mass is 35.5.